The number of hydrogen-bond donors (Lipinski definition) is 0. The summed E-state index contributed by atoms with van der Waals surface area (Å²) >= 11 is 0. The summed E-state index contributed by atoms with van der Waals surface area (Å²) in [6, 6.07) is 8.38. The Morgan fingerprint density at radius 2 is 1.71 bits per heavy atom. The van der Waals surface area contributed by atoms with Gasteiger partial charge in [0.1, 0.15) is 17.7 Å². The predicted octanol–water partition coefficient (Wildman–Crippen LogP) is 6.57. The van der Waals surface area contributed by atoms with Gasteiger partial charge in [0.05, 0.1) is 38.2 Å². The number of pyridine rings is 2. The van der Waals surface area contributed by atoms with Crippen molar-refractivity contribution in [3.8, 4) is 16.9 Å². The van der Waals surface area contributed by atoms with Crippen LogP contribution in [0.4, 0.5) is 10.6 Å². The summed E-state index contributed by atoms with van der Waals surface area (Å²) in [4.78, 5) is 40.2. The number of carbonyl (C=O) groups excluding carboxylic acids is 2. The SMILES string of the molecule is COc1ccc([C@H]2CC[C@H](CN(c3cc(-c4cnn(C(C)C)c4)ccn3)C(=O)[C@H]3CC[C@H](OC(=O)N4CC(OC)C4)CC3)CC2)nc1C. The van der Waals surface area contributed by atoms with Gasteiger partial charge in [-0.15, -0.1) is 0 Å². The Morgan fingerprint density at radius 3 is 2.35 bits per heavy atom. The largest absolute Gasteiger partial charge is 0.495 e. The molecule has 3 aliphatic rings. The van der Waals surface area contributed by atoms with Crippen LogP contribution in [0.1, 0.15) is 88.6 Å². The molecule has 0 N–H and O–H groups in total. The molecule has 2 amide bonds. The highest BCUT2D eigenvalue weighted by Crippen LogP contribution is 2.38. The molecule has 0 unspecified atom stereocenters. The number of aromatic nitrogens is 4. The lowest BCUT2D eigenvalue weighted by Gasteiger charge is -2.39. The van der Waals surface area contributed by atoms with Crippen LogP contribution >= 0.6 is 0 Å². The minimum atomic E-state index is -0.280. The number of methoxy groups -OCH3 is 2. The lowest BCUT2D eigenvalue weighted by Crippen LogP contribution is -2.55. The minimum absolute atomic E-state index is 0.0914. The summed E-state index contributed by atoms with van der Waals surface area (Å²) in [5, 5.41) is 4.53. The minimum Gasteiger partial charge on any atom is -0.495 e. The molecule has 48 heavy (non-hydrogen) atoms. The van der Waals surface area contributed by atoms with Gasteiger partial charge >= 0.3 is 6.09 Å². The topological polar surface area (TPSA) is 112 Å². The van der Waals surface area contributed by atoms with Crippen molar-refractivity contribution in [2.75, 3.05) is 38.8 Å². The van der Waals surface area contributed by atoms with E-state index >= 15 is 0 Å². The zero-order chi connectivity index (χ0) is 33.8. The number of anilines is 1. The van der Waals surface area contributed by atoms with Gasteiger partial charge in [0.2, 0.25) is 5.91 Å². The molecular weight excluding hydrogens is 608 g/mol. The van der Waals surface area contributed by atoms with Gasteiger partial charge in [-0.05, 0) is 108 Å². The number of ether oxygens (including phenoxy) is 3. The van der Waals surface area contributed by atoms with Crippen LogP contribution in [0.3, 0.4) is 0 Å². The highest BCUT2D eigenvalue weighted by molar-refractivity contribution is 5.94. The third-order valence-electron chi connectivity index (χ3n) is 10.5. The lowest BCUT2D eigenvalue weighted by molar-refractivity contribution is -0.124. The maximum absolute atomic E-state index is 14.4. The molecule has 11 heteroatoms. The van der Waals surface area contributed by atoms with E-state index in [-0.39, 0.29) is 36.2 Å². The van der Waals surface area contributed by atoms with Gasteiger partial charge in [0.15, 0.2) is 0 Å². The highest BCUT2D eigenvalue weighted by atomic mass is 16.6. The van der Waals surface area contributed by atoms with Crippen LogP contribution in [0.15, 0.2) is 42.9 Å². The molecule has 0 aromatic carbocycles. The maximum Gasteiger partial charge on any atom is 0.410 e. The Labute approximate surface area is 284 Å². The fourth-order valence-electron chi connectivity index (χ4n) is 7.32. The van der Waals surface area contributed by atoms with Gasteiger partial charge in [0, 0.05) is 55.2 Å². The molecule has 11 nitrogen and oxygen atoms in total. The molecule has 0 radical (unpaired) electrons. The maximum atomic E-state index is 14.4. The van der Waals surface area contributed by atoms with Crippen molar-refractivity contribution >= 4 is 17.8 Å². The van der Waals surface area contributed by atoms with E-state index in [1.165, 1.54) is 0 Å². The number of aryl methyl sites for hydroxylation is 1. The van der Waals surface area contributed by atoms with Gasteiger partial charge in [0.25, 0.3) is 0 Å². The van der Waals surface area contributed by atoms with Gasteiger partial charge in [-0.1, -0.05) is 0 Å². The molecule has 3 aromatic rings. The van der Waals surface area contributed by atoms with E-state index in [0.717, 1.165) is 53.9 Å². The molecule has 0 bridgehead atoms. The second-order valence-electron chi connectivity index (χ2n) is 14.0. The van der Waals surface area contributed by atoms with Crippen LogP contribution < -0.4 is 9.64 Å². The zero-order valence-corrected chi connectivity index (χ0v) is 29.0. The lowest BCUT2D eigenvalue weighted by atomic mass is 9.79. The fraction of sp³-hybridized carbons (Fsp3) is 0.595. The molecule has 1 aliphatic heterocycles. The second kappa shape index (κ2) is 15.1. The highest BCUT2D eigenvalue weighted by Gasteiger charge is 2.37. The van der Waals surface area contributed by atoms with E-state index in [0.29, 0.717) is 63.0 Å². The van der Waals surface area contributed by atoms with E-state index in [2.05, 4.69) is 25.0 Å². The van der Waals surface area contributed by atoms with Crippen LogP contribution in [-0.2, 0) is 14.3 Å². The monoisotopic (exact) mass is 658 g/mol. The number of amides is 2. The summed E-state index contributed by atoms with van der Waals surface area (Å²) in [6.07, 6.45) is 12.2. The molecule has 3 aromatic heterocycles. The van der Waals surface area contributed by atoms with Crippen molar-refractivity contribution < 1.29 is 23.8 Å². The number of carbonyl (C=O) groups is 2. The molecule has 2 saturated carbocycles. The standard InChI is InChI=1S/C37H50N6O5/c1-24(2)43-21-30(19-39-43)29-16-17-38-35(18-29)42(20-26-6-8-27(9-7-26)33-14-15-34(47-5)25(3)40-33)36(44)28-10-12-31(13-11-28)48-37(45)41-22-32(23-41)46-4/h14-19,21,24,26-28,31-32H,6-13,20,22-23H2,1-5H3/t26-,27-,28-,31-. The van der Waals surface area contributed by atoms with E-state index in [1.807, 2.05) is 47.1 Å². The van der Waals surface area contributed by atoms with Crippen LogP contribution in [0, 0.1) is 18.8 Å². The average Bonchev–Trinajstić information content (AvgIpc) is 3.58. The Hall–Kier alpha value is -3.99. The fourth-order valence-corrected chi connectivity index (χ4v) is 7.32. The molecule has 0 atom stereocenters. The van der Waals surface area contributed by atoms with Crippen LogP contribution in [0.25, 0.3) is 11.1 Å². The molecule has 6 rings (SSSR count). The number of hydrogen-bond acceptors (Lipinski definition) is 8. The number of nitrogens with zero attached hydrogens (tertiary/aromatic N) is 6. The van der Waals surface area contributed by atoms with Crippen molar-refractivity contribution in [2.24, 2.45) is 11.8 Å². The Balaban J connectivity index is 1.14. The van der Waals surface area contributed by atoms with E-state index < -0.39 is 0 Å². The van der Waals surface area contributed by atoms with Crippen molar-refractivity contribution in [3.63, 3.8) is 0 Å². The first kappa shape index (κ1) is 33.9. The summed E-state index contributed by atoms with van der Waals surface area (Å²) in [5.74, 6) is 2.24. The quantitative estimate of drug-likeness (QED) is 0.241. The van der Waals surface area contributed by atoms with Crippen molar-refractivity contribution in [3.05, 3.63) is 54.2 Å². The summed E-state index contributed by atoms with van der Waals surface area (Å²) in [5.41, 5.74) is 4.04. The van der Waals surface area contributed by atoms with Gasteiger partial charge in [-0.3, -0.25) is 19.4 Å². The van der Waals surface area contributed by atoms with Gasteiger partial charge in [-0.2, -0.15) is 5.10 Å². The van der Waals surface area contributed by atoms with E-state index in [1.54, 1.807) is 25.3 Å². The smallest absolute Gasteiger partial charge is 0.410 e. The summed E-state index contributed by atoms with van der Waals surface area (Å²) in [7, 11) is 3.34. The molecule has 1 saturated heterocycles. The van der Waals surface area contributed by atoms with Crippen molar-refractivity contribution in [1.82, 2.24) is 24.6 Å². The first-order valence-corrected chi connectivity index (χ1v) is 17.5. The van der Waals surface area contributed by atoms with Gasteiger partial charge < -0.3 is 19.1 Å². The number of likely N-dealkylation sites (tertiary alicyclic amines) is 1. The molecule has 2 aliphatic carbocycles. The number of rotatable bonds is 10. The Kier molecular flexibility index (Phi) is 10.6. The Bertz CT molecular complexity index is 1550. The summed E-state index contributed by atoms with van der Waals surface area (Å²) < 4.78 is 18.5. The van der Waals surface area contributed by atoms with Crippen molar-refractivity contribution in [1.29, 1.82) is 0 Å². The first-order chi connectivity index (χ1) is 23.2. The van der Waals surface area contributed by atoms with Gasteiger partial charge in [-0.25, -0.2) is 9.78 Å². The molecule has 3 fully saturated rings. The average molecular weight is 659 g/mol. The molecule has 4 heterocycles. The molecule has 258 valence electrons. The molecular formula is C37H50N6O5. The van der Waals surface area contributed by atoms with Crippen LogP contribution in [-0.4, -0.2) is 82.7 Å². The van der Waals surface area contributed by atoms with Crippen LogP contribution in [0.2, 0.25) is 0 Å². The normalized spacial score (nSPS) is 23.1. The third kappa shape index (κ3) is 7.66. The zero-order valence-electron chi connectivity index (χ0n) is 29.0. The third-order valence-corrected chi connectivity index (χ3v) is 10.5. The second-order valence-corrected chi connectivity index (χ2v) is 14.0. The van der Waals surface area contributed by atoms with Crippen molar-refractivity contribution in [2.45, 2.75) is 96.3 Å². The summed E-state index contributed by atoms with van der Waals surface area (Å²) in [6.45, 7) is 7.97. The van der Waals surface area contributed by atoms with E-state index in [4.69, 9.17) is 24.2 Å². The molecule has 0 spiro atoms. The van der Waals surface area contributed by atoms with Crippen LogP contribution in [0.5, 0.6) is 5.75 Å². The van der Waals surface area contributed by atoms with E-state index in [9.17, 15) is 9.59 Å². The Morgan fingerprint density at radius 1 is 0.958 bits per heavy atom. The predicted molar refractivity (Wildman–Crippen MR) is 183 cm³/mol. The first-order valence-electron chi connectivity index (χ1n) is 17.5.